The van der Waals surface area contributed by atoms with Crippen molar-refractivity contribution in [1.82, 2.24) is 0 Å². The predicted octanol–water partition coefficient (Wildman–Crippen LogP) is 1.56. The van der Waals surface area contributed by atoms with E-state index in [0.29, 0.717) is 5.69 Å². The summed E-state index contributed by atoms with van der Waals surface area (Å²) in [6.45, 7) is 1.96. The zero-order valence-corrected chi connectivity index (χ0v) is 9.53. The normalized spacial score (nSPS) is 9.18. The second-order valence-electron chi connectivity index (χ2n) is 3.25. The second kappa shape index (κ2) is 6.33. The molecule has 88 valence electrons. The van der Waals surface area contributed by atoms with Crippen LogP contribution >= 0.6 is 0 Å². The van der Waals surface area contributed by atoms with E-state index in [-0.39, 0.29) is 13.0 Å². The van der Waals surface area contributed by atoms with Crippen LogP contribution in [0, 0.1) is 12.3 Å². The molecule has 0 fully saturated rings. The number of ether oxygens (including phenoxy) is 1. The fourth-order valence-electron chi connectivity index (χ4n) is 1.20. The molecule has 0 atom stereocenters. The second-order valence-corrected chi connectivity index (χ2v) is 3.25. The Morgan fingerprint density at radius 2 is 2.00 bits per heavy atom. The Morgan fingerprint density at radius 3 is 2.53 bits per heavy atom. The lowest BCUT2D eigenvalue weighted by Crippen LogP contribution is -2.18. The van der Waals surface area contributed by atoms with Crippen LogP contribution in [0.5, 0.6) is 0 Å². The van der Waals surface area contributed by atoms with Crippen molar-refractivity contribution in [2.75, 3.05) is 11.9 Å². The van der Waals surface area contributed by atoms with Gasteiger partial charge in [-0.05, 0) is 31.2 Å². The fourth-order valence-corrected chi connectivity index (χ4v) is 1.20. The van der Waals surface area contributed by atoms with Crippen molar-refractivity contribution in [3.63, 3.8) is 0 Å². The SMILES string of the molecule is C#Cc1ccc(NC(=O)CC(=O)OCC)cc1. The molecule has 1 aromatic carbocycles. The van der Waals surface area contributed by atoms with E-state index < -0.39 is 11.9 Å². The lowest BCUT2D eigenvalue weighted by Gasteiger charge is -2.05. The number of carbonyl (C=O) groups is 2. The Morgan fingerprint density at radius 1 is 1.35 bits per heavy atom. The molecule has 0 spiro atoms. The number of nitrogens with one attached hydrogen (secondary N) is 1. The van der Waals surface area contributed by atoms with Crippen LogP contribution in [0.4, 0.5) is 5.69 Å². The van der Waals surface area contributed by atoms with Gasteiger partial charge >= 0.3 is 5.97 Å². The van der Waals surface area contributed by atoms with Gasteiger partial charge < -0.3 is 10.1 Å². The summed E-state index contributed by atoms with van der Waals surface area (Å²) in [6.07, 6.45) is 4.91. The van der Waals surface area contributed by atoms with E-state index in [1.165, 1.54) is 0 Å². The van der Waals surface area contributed by atoms with Crippen LogP contribution in [0.25, 0.3) is 0 Å². The lowest BCUT2D eigenvalue weighted by atomic mass is 10.2. The van der Waals surface area contributed by atoms with Gasteiger partial charge in [-0.15, -0.1) is 6.42 Å². The minimum atomic E-state index is -0.537. The van der Waals surface area contributed by atoms with E-state index in [2.05, 4.69) is 16.0 Å². The van der Waals surface area contributed by atoms with Crippen molar-refractivity contribution in [2.24, 2.45) is 0 Å². The molecule has 4 heteroatoms. The molecule has 17 heavy (non-hydrogen) atoms. The summed E-state index contributed by atoms with van der Waals surface area (Å²) >= 11 is 0. The number of hydrogen-bond donors (Lipinski definition) is 1. The topological polar surface area (TPSA) is 55.4 Å². The first-order valence-corrected chi connectivity index (χ1v) is 5.18. The Hall–Kier alpha value is -2.28. The molecule has 1 rings (SSSR count). The van der Waals surface area contributed by atoms with Crippen LogP contribution < -0.4 is 5.32 Å². The molecule has 1 N–H and O–H groups in total. The molecular formula is C13H13NO3. The van der Waals surface area contributed by atoms with Crippen LogP contribution in [0.2, 0.25) is 0 Å². The van der Waals surface area contributed by atoms with Crippen molar-refractivity contribution >= 4 is 17.6 Å². The monoisotopic (exact) mass is 231 g/mol. The standard InChI is InChI=1S/C13H13NO3/c1-3-10-5-7-11(8-6-10)14-12(15)9-13(16)17-4-2/h1,5-8H,4,9H2,2H3,(H,14,15). The van der Waals surface area contributed by atoms with Gasteiger partial charge in [0.2, 0.25) is 5.91 Å². The van der Waals surface area contributed by atoms with Gasteiger partial charge in [-0.2, -0.15) is 0 Å². The van der Waals surface area contributed by atoms with E-state index in [9.17, 15) is 9.59 Å². The first-order chi connectivity index (χ1) is 8.15. The molecule has 0 radical (unpaired) electrons. The molecule has 1 amide bonds. The Balaban J connectivity index is 2.51. The quantitative estimate of drug-likeness (QED) is 0.486. The first-order valence-electron chi connectivity index (χ1n) is 5.18. The predicted molar refractivity (Wildman–Crippen MR) is 64.3 cm³/mol. The third-order valence-corrected chi connectivity index (χ3v) is 1.95. The zero-order chi connectivity index (χ0) is 12.7. The zero-order valence-electron chi connectivity index (χ0n) is 9.53. The summed E-state index contributed by atoms with van der Waals surface area (Å²) in [6, 6.07) is 6.77. The average Bonchev–Trinajstić information content (AvgIpc) is 2.30. The van der Waals surface area contributed by atoms with Gasteiger partial charge in [0, 0.05) is 11.3 Å². The number of hydrogen-bond acceptors (Lipinski definition) is 3. The van der Waals surface area contributed by atoms with E-state index in [1.54, 1.807) is 31.2 Å². The average molecular weight is 231 g/mol. The van der Waals surface area contributed by atoms with E-state index >= 15 is 0 Å². The van der Waals surface area contributed by atoms with Crippen LogP contribution in [0.3, 0.4) is 0 Å². The highest BCUT2D eigenvalue weighted by Crippen LogP contribution is 2.09. The molecule has 0 heterocycles. The summed E-state index contributed by atoms with van der Waals surface area (Å²) < 4.78 is 4.66. The van der Waals surface area contributed by atoms with Gasteiger partial charge in [0.15, 0.2) is 0 Å². The number of rotatable bonds is 4. The summed E-state index contributed by atoms with van der Waals surface area (Å²) in [5.74, 6) is 1.53. The van der Waals surface area contributed by atoms with Gasteiger partial charge in [0.05, 0.1) is 6.61 Å². The largest absolute Gasteiger partial charge is 0.466 e. The summed E-state index contributed by atoms with van der Waals surface area (Å²) in [5, 5.41) is 2.57. The Labute approximate surface area is 100.0 Å². The molecule has 0 bridgehead atoms. The van der Waals surface area contributed by atoms with Gasteiger partial charge in [-0.3, -0.25) is 9.59 Å². The van der Waals surface area contributed by atoms with Crippen LogP contribution in [-0.4, -0.2) is 18.5 Å². The van der Waals surface area contributed by atoms with Crippen molar-refractivity contribution in [1.29, 1.82) is 0 Å². The fraction of sp³-hybridized carbons (Fsp3) is 0.231. The molecule has 4 nitrogen and oxygen atoms in total. The minimum absolute atomic E-state index is 0.267. The van der Waals surface area contributed by atoms with Crippen LogP contribution in [0.15, 0.2) is 24.3 Å². The molecule has 0 saturated heterocycles. The summed E-state index contributed by atoms with van der Waals surface area (Å²) in [4.78, 5) is 22.4. The number of esters is 1. The molecule has 0 aromatic heterocycles. The molecule has 0 aliphatic heterocycles. The van der Waals surface area contributed by atoms with E-state index in [4.69, 9.17) is 6.42 Å². The highest BCUT2D eigenvalue weighted by Gasteiger charge is 2.09. The number of benzene rings is 1. The van der Waals surface area contributed by atoms with Gasteiger partial charge in [-0.1, -0.05) is 5.92 Å². The number of carbonyl (C=O) groups excluding carboxylic acids is 2. The molecule has 0 aliphatic carbocycles. The summed E-state index contributed by atoms with van der Waals surface area (Å²) in [5.41, 5.74) is 1.33. The smallest absolute Gasteiger partial charge is 0.315 e. The maximum atomic E-state index is 11.4. The lowest BCUT2D eigenvalue weighted by molar-refractivity contribution is -0.145. The number of anilines is 1. The van der Waals surface area contributed by atoms with Gasteiger partial charge in [0.25, 0.3) is 0 Å². The van der Waals surface area contributed by atoms with Gasteiger partial charge in [0.1, 0.15) is 6.42 Å². The number of terminal acetylenes is 1. The first kappa shape index (κ1) is 12.8. The highest BCUT2D eigenvalue weighted by atomic mass is 16.5. The molecule has 0 unspecified atom stereocenters. The number of amides is 1. The van der Waals surface area contributed by atoms with Crippen molar-refractivity contribution < 1.29 is 14.3 Å². The van der Waals surface area contributed by atoms with E-state index in [1.807, 2.05) is 0 Å². The minimum Gasteiger partial charge on any atom is -0.466 e. The van der Waals surface area contributed by atoms with Crippen molar-refractivity contribution in [3.05, 3.63) is 29.8 Å². The van der Waals surface area contributed by atoms with Gasteiger partial charge in [-0.25, -0.2) is 0 Å². The molecule has 1 aromatic rings. The maximum absolute atomic E-state index is 11.4. The highest BCUT2D eigenvalue weighted by molar-refractivity contribution is 6.01. The third-order valence-electron chi connectivity index (χ3n) is 1.95. The Kier molecular flexibility index (Phi) is 4.77. The Bertz CT molecular complexity index is 443. The van der Waals surface area contributed by atoms with E-state index in [0.717, 1.165) is 5.56 Å². The maximum Gasteiger partial charge on any atom is 0.315 e. The van der Waals surface area contributed by atoms with Crippen molar-refractivity contribution in [2.45, 2.75) is 13.3 Å². The molecule has 0 aliphatic rings. The van der Waals surface area contributed by atoms with Crippen molar-refractivity contribution in [3.8, 4) is 12.3 Å². The van der Waals surface area contributed by atoms with Crippen LogP contribution in [0.1, 0.15) is 18.9 Å². The van der Waals surface area contributed by atoms with Crippen LogP contribution in [-0.2, 0) is 14.3 Å². The summed E-state index contributed by atoms with van der Waals surface area (Å²) in [7, 11) is 0. The third kappa shape index (κ3) is 4.39. The molecular weight excluding hydrogens is 218 g/mol. The molecule has 0 saturated carbocycles.